The predicted molar refractivity (Wildman–Crippen MR) is 236 cm³/mol. The molecule has 0 saturated carbocycles. The van der Waals surface area contributed by atoms with Gasteiger partial charge in [0, 0.05) is 59.9 Å². The summed E-state index contributed by atoms with van der Waals surface area (Å²) in [7, 11) is 0. The number of carbonyl (C=O) groups excluding carboxylic acids is 2. The van der Waals surface area contributed by atoms with Gasteiger partial charge < -0.3 is 19.5 Å². The van der Waals surface area contributed by atoms with Crippen molar-refractivity contribution in [3.8, 4) is 28.0 Å². The second-order valence-corrected chi connectivity index (χ2v) is 15.4. The molecular weight excluding hydrogens is 756 g/mol. The van der Waals surface area contributed by atoms with E-state index in [1.54, 1.807) is 0 Å². The van der Waals surface area contributed by atoms with Gasteiger partial charge in [0.1, 0.15) is 25.6 Å². The molecule has 59 heavy (non-hydrogen) atoms. The second-order valence-electron chi connectivity index (χ2n) is 15.1. The maximum atomic E-state index is 13.0. The van der Waals surface area contributed by atoms with Crippen LogP contribution in [-0.4, -0.2) is 37.7 Å². The lowest BCUT2D eigenvalue weighted by atomic mass is 9.95. The summed E-state index contributed by atoms with van der Waals surface area (Å²) in [6.45, 7) is 3.36. The van der Waals surface area contributed by atoms with E-state index in [0.29, 0.717) is 24.8 Å². The van der Waals surface area contributed by atoms with Crippen LogP contribution in [0.25, 0.3) is 33.0 Å². The number of fused-ring (bicyclic) bond motifs is 9. The molecule has 0 radical (unpaired) electrons. The molecule has 1 atom stereocenters. The standard InChI is InChI=1S/C35H29ClN2O3.C16H14O2/c36-18-23-19-37-32-17-33(40-20-22-8-2-1-3-9-22)30-16-24(14-15-29(30)34(23)32)38-35(39)41-21-31-27-12-6-4-10-25(27)26-11-5-7-13-28(26)31;1-11(17)18-10-16-14-8-4-2-6-12(14)13-7-3-5-9-15(13)16/h1-17,23,31,37H,18-21H2,(H,38,39);2-9,16H,10H2,1H3. The zero-order chi connectivity index (χ0) is 40.3. The smallest absolute Gasteiger partial charge is 0.411 e. The number of anilines is 2. The zero-order valence-corrected chi connectivity index (χ0v) is 33.4. The number of hydrogen-bond acceptors (Lipinski definition) is 6. The minimum atomic E-state index is -0.487. The number of benzene rings is 7. The highest BCUT2D eigenvalue weighted by Crippen LogP contribution is 2.47. The fourth-order valence-corrected chi connectivity index (χ4v) is 9.06. The van der Waals surface area contributed by atoms with Gasteiger partial charge in [0.05, 0.1) is 0 Å². The van der Waals surface area contributed by atoms with Crippen LogP contribution in [-0.2, 0) is 20.9 Å². The van der Waals surface area contributed by atoms with Gasteiger partial charge in [-0.1, -0.05) is 133 Å². The minimum absolute atomic E-state index is 0.00492. The van der Waals surface area contributed by atoms with Crippen molar-refractivity contribution in [3.05, 3.63) is 185 Å². The molecule has 0 fully saturated rings. The molecule has 1 unspecified atom stereocenters. The van der Waals surface area contributed by atoms with E-state index >= 15 is 0 Å². The van der Waals surface area contributed by atoms with Crippen molar-refractivity contribution in [2.45, 2.75) is 31.3 Å². The van der Waals surface area contributed by atoms with Crippen LogP contribution < -0.4 is 15.4 Å². The average Bonchev–Trinajstić information content (AvgIpc) is 3.94. The Morgan fingerprint density at radius 1 is 0.644 bits per heavy atom. The highest BCUT2D eigenvalue weighted by Gasteiger charge is 2.31. The Hall–Kier alpha value is -6.57. The normalized spacial score (nSPS) is 14.4. The molecule has 0 aromatic heterocycles. The first-order chi connectivity index (χ1) is 29.0. The lowest BCUT2D eigenvalue weighted by molar-refractivity contribution is -0.141. The van der Waals surface area contributed by atoms with E-state index in [4.69, 9.17) is 25.8 Å². The Bertz CT molecular complexity index is 2590. The summed E-state index contributed by atoms with van der Waals surface area (Å²) in [5, 5.41) is 8.42. The van der Waals surface area contributed by atoms with Crippen molar-refractivity contribution in [3.63, 3.8) is 0 Å². The Kier molecular flexibility index (Phi) is 10.8. The van der Waals surface area contributed by atoms with E-state index in [-0.39, 0.29) is 30.3 Å². The molecule has 294 valence electrons. The van der Waals surface area contributed by atoms with Gasteiger partial charge >= 0.3 is 12.1 Å². The summed E-state index contributed by atoms with van der Waals surface area (Å²) in [5.41, 5.74) is 13.7. The predicted octanol–water partition coefficient (Wildman–Crippen LogP) is 11.9. The van der Waals surface area contributed by atoms with Gasteiger partial charge in [0.25, 0.3) is 0 Å². The lowest BCUT2D eigenvalue weighted by Gasteiger charge is -2.17. The van der Waals surface area contributed by atoms with E-state index in [1.807, 2.05) is 103 Å². The summed E-state index contributed by atoms with van der Waals surface area (Å²) in [6, 6.07) is 51.3. The molecule has 2 N–H and O–H groups in total. The van der Waals surface area contributed by atoms with Crippen molar-refractivity contribution in [2.24, 2.45) is 0 Å². The van der Waals surface area contributed by atoms with Crippen molar-refractivity contribution in [1.29, 1.82) is 0 Å². The van der Waals surface area contributed by atoms with Gasteiger partial charge in [-0.05, 0) is 73.2 Å². The molecule has 7 aromatic carbocycles. The van der Waals surface area contributed by atoms with Gasteiger partial charge in [-0.25, -0.2) is 4.79 Å². The first-order valence-electron chi connectivity index (χ1n) is 20.0. The van der Waals surface area contributed by atoms with E-state index < -0.39 is 6.09 Å². The SMILES string of the molecule is CC(=O)OCC1c2ccccc2-c2ccccc21.O=C(Nc1ccc2c3c(cc(OCc4ccccc4)c2c1)NCC3CCl)OCC1c2ccccc2-c2ccccc21. The second kappa shape index (κ2) is 16.7. The van der Waals surface area contributed by atoms with Gasteiger partial charge in [-0.2, -0.15) is 0 Å². The Morgan fingerprint density at radius 2 is 1.17 bits per heavy atom. The quantitative estimate of drug-likeness (QED) is 0.112. The van der Waals surface area contributed by atoms with Crippen LogP contribution in [0.3, 0.4) is 0 Å². The van der Waals surface area contributed by atoms with Crippen LogP contribution in [0.5, 0.6) is 5.75 Å². The number of rotatable bonds is 9. The highest BCUT2D eigenvalue weighted by atomic mass is 35.5. The van der Waals surface area contributed by atoms with Gasteiger partial charge in [0.2, 0.25) is 0 Å². The van der Waals surface area contributed by atoms with E-state index in [0.717, 1.165) is 34.3 Å². The molecule has 10 rings (SSSR count). The largest absolute Gasteiger partial charge is 0.488 e. The fourth-order valence-electron chi connectivity index (χ4n) is 8.79. The Labute approximate surface area is 348 Å². The maximum absolute atomic E-state index is 13.0. The maximum Gasteiger partial charge on any atom is 0.411 e. The highest BCUT2D eigenvalue weighted by molar-refractivity contribution is 6.18. The first kappa shape index (κ1) is 38.0. The minimum Gasteiger partial charge on any atom is -0.488 e. The number of alkyl halides is 1. The third-order valence-corrected chi connectivity index (χ3v) is 11.9. The summed E-state index contributed by atoms with van der Waals surface area (Å²) >= 11 is 6.32. The third-order valence-electron chi connectivity index (χ3n) is 11.5. The third kappa shape index (κ3) is 7.62. The molecule has 3 aliphatic rings. The number of ether oxygens (including phenoxy) is 3. The molecule has 1 aliphatic heterocycles. The lowest BCUT2D eigenvalue weighted by Crippen LogP contribution is -2.17. The van der Waals surface area contributed by atoms with Gasteiger partial charge in [-0.15, -0.1) is 11.6 Å². The molecular formula is C51H43ClN2O5. The number of hydrogen-bond donors (Lipinski definition) is 2. The van der Waals surface area contributed by atoms with Gasteiger partial charge in [0.15, 0.2) is 0 Å². The average molecular weight is 799 g/mol. The molecule has 0 bridgehead atoms. The number of carbonyl (C=O) groups is 2. The Balaban J connectivity index is 0.000000208. The van der Waals surface area contributed by atoms with Crippen molar-refractivity contribution in [2.75, 3.05) is 36.3 Å². The number of nitrogens with one attached hydrogen (secondary N) is 2. The van der Waals surface area contributed by atoms with Crippen molar-refractivity contribution < 1.29 is 23.8 Å². The summed E-state index contributed by atoms with van der Waals surface area (Å²) in [4.78, 5) is 24.0. The molecule has 8 heteroatoms. The van der Waals surface area contributed by atoms with Crippen LogP contribution in [0.15, 0.2) is 152 Å². The summed E-state index contributed by atoms with van der Waals surface area (Å²) < 4.78 is 17.3. The van der Waals surface area contributed by atoms with E-state index in [1.165, 1.54) is 57.0 Å². The van der Waals surface area contributed by atoms with Crippen LogP contribution >= 0.6 is 11.6 Å². The topological polar surface area (TPSA) is 85.9 Å². The molecule has 0 spiro atoms. The van der Waals surface area contributed by atoms with Crippen molar-refractivity contribution in [1.82, 2.24) is 0 Å². The molecule has 7 nitrogen and oxygen atoms in total. The number of halogens is 1. The number of amides is 1. The van der Waals surface area contributed by atoms with Crippen molar-refractivity contribution >= 4 is 45.8 Å². The Morgan fingerprint density at radius 3 is 1.71 bits per heavy atom. The molecule has 2 aliphatic carbocycles. The van der Waals surface area contributed by atoms with Crippen LogP contribution in [0.4, 0.5) is 16.2 Å². The monoisotopic (exact) mass is 798 g/mol. The fraction of sp³-hybridized carbons (Fsp3) is 0.176. The number of esters is 1. The van der Waals surface area contributed by atoms with Gasteiger partial charge in [-0.3, -0.25) is 10.1 Å². The summed E-state index contributed by atoms with van der Waals surface area (Å²) in [6.07, 6.45) is -0.487. The zero-order valence-electron chi connectivity index (χ0n) is 32.6. The molecule has 0 saturated heterocycles. The molecule has 1 amide bonds. The van der Waals surface area contributed by atoms with E-state index in [2.05, 4.69) is 59.2 Å². The first-order valence-corrected chi connectivity index (χ1v) is 20.5. The van der Waals surface area contributed by atoms with Crippen LogP contribution in [0, 0.1) is 0 Å². The molecule has 1 heterocycles. The molecule has 7 aromatic rings. The van der Waals surface area contributed by atoms with Crippen LogP contribution in [0.2, 0.25) is 0 Å². The van der Waals surface area contributed by atoms with Crippen LogP contribution in [0.1, 0.15) is 58.1 Å². The summed E-state index contributed by atoms with van der Waals surface area (Å²) in [5.74, 6) is 1.43. The van der Waals surface area contributed by atoms with E-state index in [9.17, 15) is 9.59 Å².